The SMILES string of the molecule is C=NC(CCCCN1C2COCC1C2)=Nc1c(CC2CCC(CNC)N2)cc(Cl)c(-c2cc(N)cc3ccccc23)c1F. The second-order valence-corrected chi connectivity index (χ2v) is 12.6. The van der Waals surface area contributed by atoms with Gasteiger partial charge in [0, 0.05) is 48.4 Å². The fourth-order valence-electron chi connectivity index (χ4n) is 7.11. The van der Waals surface area contributed by atoms with E-state index in [2.05, 4.69) is 27.2 Å². The Bertz CT molecular complexity index is 1500. The number of benzene rings is 3. The minimum atomic E-state index is -0.447. The fourth-order valence-corrected chi connectivity index (χ4v) is 7.43. The molecule has 3 heterocycles. The predicted molar refractivity (Wildman–Crippen MR) is 177 cm³/mol. The summed E-state index contributed by atoms with van der Waals surface area (Å²) in [6, 6.07) is 15.1. The summed E-state index contributed by atoms with van der Waals surface area (Å²) in [5.41, 5.74) is 8.86. The lowest BCUT2D eigenvalue weighted by molar-refractivity contribution is -0.127. The second kappa shape index (κ2) is 13.4. The molecule has 0 radical (unpaired) electrons. The highest BCUT2D eigenvalue weighted by molar-refractivity contribution is 6.34. The van der Waals surface area contributed by atoms with Gasteiger partial charge in [-0.3, -0.25) is 4.90 Å². The Morgan fingerprint density at radius 1 is 1.16 bits per heavy atom. The Hall–Kier alpha value is -2.88. The Morgan fingerprint density at radius 2 is 1.95 bits per heavy atom. The molecule has 0 saturated carbocycles. The van der Waals surface area contributed by atoms with Crippen molar-refractivity contribution < 1.29 is 9.13 Å². The molecule has 3 saturated heterocycles. The van der Waals surface area contributed by atoms with Gasteiger partial charge in [0.05, 0.1) is 18.2 Å². The first-order valence-corrected chi connectivity index (χ1v) is 15.9. The van der Waals surface area contributed by atoms with Crippen molar-refractivity contribution in [1.29, 1.82) is 0 Å². The number of fused-ring (bicyclic) bond motifs is 3. The summed E-state index contributed by atoms with van der Waals surface area (Å²) >= 11 is 6.91. The summed E-state index contributed by atoms with van der Waals surface area (Å²) in [6.45, 7) is 7.41. The lowest BCUT2D eigenvalue weighted by Crippen LogP contribution is -2.63. The van der Waals surface area contributed by atoms with Crippen molar-refractivity contribution >= 4 is 46.3 Å². The van der Waals surface area contributed by atoms with E-state index in [0.29, 0.717) is 64.3 Å². The molecule has 3 aromatic rings. The number of aliphatic imine (C=N–C) groups is 2. The number of likely N-dealkylation sites (N-methyl/N-ethyl adjacent to an activating group) is 1. The van der Waals surface area contributed by atoms with Crippen molar-refractivity contribution in [1.82, 2.24) is 15.5 Å². The van der Waals surface area contributed by atoms with Crippen LogP contribution in [-0.4, -0.2) is 75.0 Å². The van der Waals surface area contributed by atoms with Crippen molar-refractivity contribution in [2.24, 2.45) is 9.98 Å². The van der Waals surface area contributed by atoms with Gasteiger partial charge in [0.1, 0.15) is 11.5 Å². The number of nitrogens with one attached hydrogen (secondary N) is 2. The number of nitrogen functional groups attached to an aromatic ring is 1. The van der Waals surface area contributed by atoms with Crippen molar-refractivity contribution in [2.45, 2.75) is 69.1 Å². The van der Waals surface area contributed by atoms with Crippen LogP contribution in [0, 0.1) is 5.82 Å². The molecular weight excluding hydrogens is 563 g/mol. The monoisotopic (exact) mass is 604 g/mol. The molecule has 9 heteroatoms. The summed E-state index contributed by atoms with van der Waals surface area (Å²) in [5.74, 6) is 0.100. The number of unbranched alkanes of at least 4 members (excludes halogenated alkanes) is 1. The standard InChI is InChI=1S/C34H42ClFN6O/c1-38-18-25-11-10-24(40-25)14-22-15-30(35)32(29-16-23(37)13-21-7-3-4-8-28(21)29)33(36)34(22)41-31(39-2)9-5-6-12-42-26-17-27(42)20-43-19-26/h3-4,7-8,13,15-16,24-27,38,40H,2,5-6,9-12,14,17-20,37H2,1H3. The summed E-state index contributed by atoms with van der Waals surface area (Å²) in [7, 11) is 1.96. The van der Waals surface area contributed by atoms with Gasteiger partial charge in [-0.15, -0.1) is 0 Å². The zero-order chi connectivity index (χ0) is 29.9. The molecule has 0 spiro atoms. The van der Waals surface area contributed by atoms with E-state index in [1.807, 2.05) is 43.4 Å². The van der Waals surface area contributed by atoms with Crippen LogP contribution in [0.2, 0.25) is 5.02 Å². The number of nitrogens with two attached hydrogens (primary N) is 1. The molecule has 0 aliphatic carbocycles. The predicted octanol–water partition coefficient (Wildman–Crippen LogP) is 6.14. The number of nitrogens with zero attached hydrogens (tertiary/aromatic N) is 3. The van der Waals surface area contributed by atoms with E-state index in [1.165, 1.54) is 6.42 Å². The number of morpholine rings is 1. The van der Waals surface area contributed by atoms with Crippen molar-refractivity contribution in [3.63, 3.8) is 0 Å². The van der Waals surface area contributed by atoms with E-state index >= 15 is 4.39 Å². The largest absolute Gasteiger partial charge is 0.399 e. The van der Waals surface area contributed by atoms with Gasteiger partial charge in [0.15, 0.2) is 5.82 Å². The maximum absolute atomic E-state index is 16.8. The molecule has 3 aromatic carbocycles. The molecule has 3 fully saturated rings. The van der Waals surface area contributed by atoms with Crippen LogP contribution in [0.1, 0.15) is 44.1 Å². The number of ether oxygens (including phenoxy) is 1. The van der Waals surface area contributed by atoms with Crippen LogP contribution in [0.25, 0.3) is 21.9 Å². The quantitative estimate of drug-likeness (QED) is 0.106. The van der Waals surface area contributed by atoms with Crippen molar-refractivity contribution in [2.75, 3.05) is 39.1 Å². The number of hydrogen-bond acceptors (Lipinski definition) is 6. The first-order chi connectivity index (χ1) is 20.9. The van der Waals surface area contributed by atoms with Gasteiger partial charge in [-0.25, -0.2) is 14.4 Å². The van der Waals surface area contributed by atoms with Gasteiger partial charge >= 0.3 is 0 Å². The first kappa shape index (κ1) is 30.2. The average molecular weight is 605 g/mol. The average Bonchev–Trinajstić information content (AvgIpc) is 3.44. The zero-order valence-corrected chi connectivity index (χ0v) is 25.7. The zero-order valence-electron chi connectivity index (χ0n) is 24.9. The summed E-state index contributed by atoms with van der Waals surface area (Å²) < 4.78 is 22.5. The third-order valence-corrected chi connectivity index (χ3v) is 9.57. The van der Waals surface area contributed by atoms with Crippen molar-refractivity contribution in [3.8, 4) is 11.1 Å². The summed E-state index contributed by atoms with van der Waals surface area (Å²) in [5, 5.41) is 9.10. The molecule has 4 N–H and O–H groups in total. The van der Waals surface area contributed by atoms with E-state index in [-0.39, 0.29) is 6.04 Å². The van der Waals surface area contributed by atoms with Crippen LogP contribution in [0.3, 0.4) is 0 Å². The van der Waals surface area contributed by atoms with Gasteiger partial charge in [-0.1, -0.05) is 35.9 Å². The molecule has 43 heavy (non-hydrogen) atoms. The van der Waals surface area contributed by atoms with E-state index in [4.69, 9.17) is 27.1 Å². The van der Waals surface area contributed by atoms with Gasteiger partial charge < -0.3 is 21.1 Å². The third-order valence-electron chi connectivity index (χ3n) is 9.27. The molecule has 3 aliphatic heterocycles. The van der Waals surface area contributed by atoms with Crippen LogP contribution in [0.5, 0.6) is 0 Å². The van der Waals surface area contributed by atoms with Crippen LogP contribution >= 0.6 is 11.6 Å². The van der Waals surface area contributed by atoms with Gasteiger partial charge in [0.25, 0.3) is 0 Å². The molecule has 4 atom stereocenters. The van der Waals surface area contributed by atoms with E-state index in [0.717, 1.165) is 68.3 Å². The number of halogens is 2. The van der Waals surface area contributed by atoms with Gasteiger partial charge in [-0.2, -0.15) is 0 Å². The molecule has 0 aromatic heterocycles. The topological polar surface area (TPSA) is 87.3 Å². The Morgan fingerprint density at radius 3 is 2.72 bits per heavy atom. The smallest absolute Gasteiger partial charge is 0.158 e. The highest BCUT2D eigenvalue weighted by Gasteiger charge is 2.41. The van der Waals surface area contributed by atoms with Crippen LogP contribution < -0.4 is 16.4 Å². The Kier molecular flexibility index (Phi) is 9.40. The fraction of sp³-hybridized carbons (Fsp3) is 0.471. The highest BCUT2D eigenvalue weighted by atomic mass is 35.5. The molecule has 7 nitrogen and oxygen atoms in total. The first-order valence-electron chi connectivity index (χ1n) is 15.5. The molecule has 0 amide bonds. The normalized spacial score (nSPS) is 23.9. The molecule has 228 valence electrons. The maximum Gasteiger partial charge on any atom is 0.158 e. The Labute approximate surface area is 258 Å². The summed E-state index contributed by atoms with van der Waals surface area (Å²) in [6.07, 6.45) is 6.50. The van der Waals surface area contributed by atoms with Crippen molar-refractivity contribution in [3.05, 3.63) is 58.9 Å². The minimum absolute atomic E-state index is 0.210. The van der Waals surface area contributed by atoms with E-state index < -0.39 is 5.82 Å². The second-order valence-electron chi connectivity index (χ2n) is 12.2. The minimum Gasteiger partial charge on any atom is -0.399 e. The molecule has 2 bridgehead atoms. The van der Waals surface area contributed by atoms with E-state index in [9.17, 15) is 0 Å². The van der Waals surface area contributed by atoms with Crippen LogP contribution in [0.15, 0.2) is 52.4 Å². The molecule has 4 unspecified atom stereocenters. The number of amidine groups is 1. The highest BCUT2D eigenvalue weighted by Crippen LogP contribution is 2.43. The van der Waals surface area contributed by atoms with Gasteiger partial charge in [0.2, 0.25) is 0 Å². The van der Waals surface area contributed by atoms with Crippen LogP contribution in [0.4, 0.5) is 15.8 Å². The lowest BCUT2D eigenvalue weighted by Gasteiger charge is -2.52. The maximum atomic E-state index is 16.8. The number of rotatable bonds is 11. The molecule has 6 rings (SSSR count). The summed E-state index contributed by atoms with van der Waals surface area (Å²) in [4.78, 5) is 11.7. The molecular formula is C34H42ClFN6O. The van der Waals surface area contributed by atoms with E-state index in [1.54, 1.807) is 6.07 Å². The molecule has 3 aliphatic rings. The number of anilines is 1. The van der Waals surface area contributed by atoms with Crippen LogP contribution in [-0.2, 0) is 11.2 Å². The lowest BCUT2D eigenvalue weighted by atomic mass is 9.91. The van der Waals surface area contributed by atoms with Gasteiger partial charge in [-0.05, 0) is 98.9 Å². The number of hydrogen-bond donors (Lipinski definition) is 3. The third kappa shape index (κ3) is 6.49. The Balaban J connectivity index is 1.31.